The van der Waals surface area contributed by atoms with Gasteiger partial charge in [0, 0.05) is 25.5 Å². The predicted molar refractivity (Wildman–Crippen MR) is 84.2 cm³/mol. The number of benzene rings is 1. The largest absolute Gasteiger partial charge is 0.388 e. The lowest BCUT2D eigenvalue weighted by atomic mass is 10.1. The fraction of sp³-hybridized carbons (Fsp3) is 0.312. The number of aromatic nitrogens is 2. The third kappa shape index (κ3) is 5.49. The molecule has 1 aromatic heterocycles. The second-order valence-corrected chi connectivity index (χ2v) is 4.83. The van der Waals surface area contributed by atoms with Crippen molar-refractivity contribution < 1.29 is 9.90 Å². The fourth-order valence-corrected chi connectivity index (χ4v) is 1.95. The molecule has 0 aliphatic heterocycles. The number of nitrogens with zero attached hydrogens (tertiary/aromatic N) is 2. The van der Waals surface area contributed by atoms with Crippen LogP contribution in [0, 0.1) is 0 Å². The summed E-state index contributed by atoms with van der Waals surface area (Å²) in [6, 6.07) is 10.9. The number of anilines is 1. The van der Waals surface area contributed by atoms with E-state index in [9.17, 15) is 9.90 Å². The van der Waals surface area contributed by atoms with E-state index in [0.29, 0.717) is 19.0 Å². The Morgan fingerprint density at radius 2 is 1.82 bits per heavy atom. The number of hydrogen-bond donors (Lipinski definition) is 3. The highest BCUT2D eigenvalue weighted by atomic mass is 16.3. The topological polar surface area (TPSA) is 87.1 Å². The quantitative estimate of drug-likeness (QED) is 0.643. The maximum Gasteiger partial charge on any atom is 0.222 e. The van der Waals surface area contributed by atoms with Crippen molar-refractivity contribution in [3.05, 3.63) is 54.4 Å². The van der Waals surface area contributed by atoms with Gasteiger partial charge in [-0.25, -0.2) is 9.97 Å². The Balaban J connectivity index is 1.60. The zero-order valence-electron chi connectivity index (χ0n) is 12.3. The van der Waals surface area contributed by atoms with Crippen LogP contribution in [0.3, 0.4) is 0 Å². The molecule has 0 bridgehead atoms. The summed E-state index contributed by atoms with van der Waals surface area (Å²) in [5.74, 6) is 0.417. The zero-order valence-corrected chi connectivity index (χ0v) is 12.3. The second kappa shape index (κ2) is 8.74. The Bertz CT molecular complexity index is 563. The first kappa shape index (κ1) is 15.9. The zero-order chi connectivity index (χ0) is 15.6. The van der Waals surface area contributed by atoms with E-state index in [1.165, 1.54) is 0 Å². The summed E-state index contributed by atoms with van der Waals surface area (Å²) in [6.07, 6.45) is 3.39. The smallest absolute Gasteiger partial charge is 0.222 e. The van der Waals surface area contributed by atoms with E-state index in [1.807, 2.05) is 30.3 Å². The molecule has 0 saturated heterocycles. The Labute approximate surface area is 129 Å². The van der Waals surface area contributed by atoms with Crippen molar-refractivity contribution in [3.8, 4) is 0 Å². The molecule has 22 heavy (non-hydrogen) atoms. The molecule has 0 radical (unpaired) electrons. The molecule has 6 heteroatoms. The number of carbonyl (C=O) groups is 1. The van der Waals surface area contributed by atoms with Gasteiger partial charge in [0.25, 0.3) is 0 Å². The number of hydrogen-bond acceptors (Lipinski definition) is 5. The monoisotopic (exact) mass is 300 g/mol. The minimum atomic E-state index is -0.767. The van der Waals surface area contributed by atoms with Crippen LogP contribution in [0.5, 0.6) is 0 Å². The average Bonchev–Trinajstić information content (AvgIpc) is 2.56. The summed E-state index contributed by atoms with van der Waals surface area (Å²) in [5.41, 5.74) is 0.751. The molecule has 0 spiro atoms. The Kier molecular flexibility index (Phi) is 6.32. The van der Waals surface area contributed by atoms with Gasteiger partial charge in [-0.2, -0.15) is 0 Å². The Hall–Kier alpha value is -2.47. The Morgan fingerprint density at radius 1 is 1.09 bits per heavy atom. The van der Waals surface area contributed by atoms with Crippen molar-refractivity contribution in [2.45, 2.75) is 18.9 Å². The first-order valence-electron chi connectivity index (χ1n) is 7.26. The van der Waals surface area contributed by atoms with Crippen molar-refractivity contribution in [1.82, 2.24) is 15.3 Å². The van der Waals surface area contributed by atoms with Gasteiger partial charge in [-0.3, -0.25) is 4.79 Å². The van der Waals surface area contributed by atoms with E-state index in [0.717, 1.165) is 12.0 Å². The van der Waals surface area contributed by atoms with Gasteiger partial charge < -0.3 is 15.7 Å². The third-order valence-electron chi connectivity index (χ3n) is 3.09. The average molecular weight is 300 g/mol. The number of rotatable bonds is 8. The van der Waals surface area contributed by atoms with Gasteiger partial charge >= 0.3 is 0 Å². The summed E-state index contributed by atoms with van der Waals surface area (Å²) < 4.78 is 0. The van der Waals surface area contributed by atoms with E-state index in [1.54, 1.807) is 18.5 Å². The first-order chi connectivity index (χ1) is 10.8. The number of carbonyl (C=O) groups excluding carboxylic acids is 1. The number of aliphatic hydroxyl groups is 1. The minimum absolute atomic E-state index is 0.0687. The standard InChI is InChI=1S/C16H20N4O2/c21-14(13-6-2-1-3-7-13)12-15(22)17-8-4-9-18-16-19-10-5-11-20-16/h1-3,5-7,10-11,14,21H,4,8-9,12H2,(H,17,22)(H,18,19,20). The van der Waals surface area contributed by atoms with Crippen LogP contribution in [0.4, 0.5) is 5.95 Å². The van der Waals surface area contributed by atoms with Crippen LogP contribution in [0.15, 0.2) is 48.8 Å². The summed E-state index contributed by atoms with van der Waals surface area (Å²) in [4.78, 5) is 19.8. The molecule has 0 saturated carbocycles. The van der Waals surface area contributed by atoms with Crippen LogP contribution in [-0.2, 0) is 4.79 Å². The molecule has 0 aliphatic rings. The van der Waals surface area contributed by atoms with Gasteiger partial charge in [-0.05, 0) is 18.1 Å². The maximum atomic E-state index is 11.7. The normalized spacial score (nSPS) is 11.7. The van der Waals surface area contributed by atoms with Gasteiger partial charge in [-0.1, -0.05) is 30.3 Å². The molecule has 1 aromatic carbocycles. The van der Waals surface area contributed by atoms with Crippen molar-refractivity contribution in [2.75, 3.05) is 18.4 Å². The SMILES string of the molecule is O=C(CC(O)c1ccccc1)NCCCNc1ncccn1. The first-order valence-corrected chi connectivity index (χ1v) is 7.26. The predicted octanol–water partition coefficient (Wildman–Crippen LogP) is 1.52. The van der Waals surface area contributed by atoms with E-state index < -0.39 is 6.10 Å². The molecule has 3 N–H and O–H groups in total. The lowest BCUT2D eigenvalue weighted by Gasteiger charge is -2.11. The highest BCUT2D eigenvalue weighted by Crippen LogP contribution is 2.15. The highest BCUT2D eigenvalue weighted by molar-refractivity contribution is 5.76. The summed E-state index contributed by atoms with van der Waals surface area (Å²) >= 11 is 0. The number of nitrogens with one attached hydrogen (secondary N) is 2. The van der Waals surface area contributed by atoms with E-state index >= 15 is 0 Å². The van der Waals surface area contributed by atoms with E-state index in [4.69, 9.17) is 0 Å². The molecule has 1 amide bonds. The van der Waals surface area contributed by atoms with Gasteiger partial charge in [0.2, 0.25) is 11.9 Å². The highest BCUT2D eigenvalue weighted by Gasteiger charge is 2.11. The van der Waals surface area contributed by atoms with Crippen molar-refractivity contribution in [3.63, 3.8) is 0 Å². The van der Waals surface area contributed by atoms with E-state index in [-0.39, 0.29) is 12.3 Å². The van der Waals surface area contributed by atoms with Crippen molar-refractivity contribution >= 4 is 11.9 Å². The van der Waals surface area contributed by atoms with Crippen LogP contribution in [0.2, 0.25) is 0 Å². The summed E-state index contributed by atoms with van der Waals surface area (Å²) in [5, 5.41) is 15.8. The Morgan fingerprint density at radius 3 is 2.55 bits per heavy atom. The fourth-order valence-electron chi connectivity index (χ4n) is 1.95. The minimum Gasteiger partial charge on any atom is -0.388 e. The van der Waals surface area contributed by atoms with Gasteiger partial charge in [0.1, 0.15) is 0 Å². The third-order valence-corrected chi connectivity index (χ3v) is 3.09. The van der Waals surface area contributed by atoms with Crippen molar-refractivity contribution in [1.29, 1.82) is 0 Å². The molecule has 1 unspecified atom stereocenters. The lowest BCUT2D eigenvalue weighted by molar-refractivity contribution is -0.123. The van der Waals surface area contributed by atoms with Crippen LogP contribution in [0.25, 0.3) is 0 Å². The molecule has 0 fully saturated rings. The van der Waals surface area contributed by atoms with Crippen LogP contribution in [-0.4, -0.2) is 34.1 Å². The molecule has 1 heterocycles. The number of aliphatic hydroxyl groups excluding tert-OH is 1. The van der Waals surface area contributed by atoms with Crippen LogP contribution >= 0.6 is 0 Å². The number of amides is 1. The molecule has 0 aliphatic carbocycles. The molecule has 2 aromatic rings. The lowest BCUT2D eigenvalue weighted by Crippen LogP contribution is -2.27. The molecular formula is C16H20N4O2. The molecule has 2 rings (SSSR count). The summed E-state index contributed by atoms with van der Waals surface area (Å²) in [7, 11) is 0. The molecule has 116 valence electrons. The van der Waals surface area contributed by atoms with Crippen molar-refractivity contribution in [2.24, 2.45) is 0 Å². The summed E-state index contributed by atoms with van der Waals surface area (Å²) in [6.45, 7) is 1.21. The maximum absolute atomic E-state index is 11.7. The van der Waals surface area contributed by atoms with Gasteiger partial charge in [0.15, 0.2) is 0 Å². The molecule has 6 nitrogen and oxygen atoms in total. The molecule has 1 atom stereocenters. The van der Waals surface area contributed by atoms with E-state index in [2.05, 4.69) is 20.6 Å². The second-order valence-electron chi connectivity index (χ2n) is 4.83. The van der Waals surface area contributed by atoms with Gasteiger partial charge in [-0.15, -0.1) is 0 Å². The van der Waals surface area contributed by atoms with Crippen LogP contribution in [0.1, 0.15) is 24.5 Å². The van der Waals surface area contributed by atoms with Gasteiger partial charge in [0.05, 0.1) is 12.5 Å². The van der Waals surface area contributed by atoms with Crippen LogP contribution < -0.4 is 10.6 Å². The molecular weight excluding hydrogens is 280 g/mol.